The van der Waals surface area contributed by atoms with Crippen molar-refractivity contribution in [3.63, 3.8) is 0 Å². The Morgan fingerprint density at radius 3 is 2.45 bits per heavy atom. The maximum absolute atomic E-state index is 5.02. The summed E-state index contributed by atoms with van der Waals surface area (Å²) in [4.78, 5) is 12.7. The van der Waals surface area contributed by atoms with Crippen LogP contribution in [0.15, 0.2) is 60.9 Å². The molecule has 0 aliphatic heterocycles. The van der Waals surface area contributed by atoms with E-state index in [2.05, 4.69) is 25.6 Å². The van der Waals surface area contributed by atoms with Gasteiger partial charge in [-0.15, -0.1) is 0 Å². The molecule has 0 atom stereocenters. The van der Waals surface area contributed by atoms with Crippen LogP contribution >= 0.6 is 0 Å². The minimum absolute atomic E-state index is 0.493. The monoisotopic (exact) mass is 293 g/mol. The molecule has 1 aromatic carbocycles. The van der Waals surface area contributed by atoms with Gasteiger partial charge in [0.05, 0.1) is 19.0 Å². The number of nitrogens with zero attached hydrogens (tertiary/aromatic N) is 3. The molecule has 3 aromatic rings. The Morgan fingerprint density at radius 2 is 1.73 bits per heavy atom. The summed E-state index contributed by atoms with van der Waals surface area (Å²) in [7, 11) is 1.58. The Labute approximate surface area is 128 Å². The average Bonchev–Trinajstić information content (AvgIpc) is 2.57. The first-order chi connectivity index (χ1) is 10.8. The summed E-state index contributed by atoms with van der Waals surface area (Å²) in [6, 6.07) is 15.3. The summed E-state index contributed by atoms with van der Waals surface area (Å²) in [5.41, 5.74) is 1.76. The quantitative estimate of drug-likeness (QED) is 0.751. The molecule has 0 unspecified atom stereocenters. The van der Waals surface area contributed by atoms with Crippen molar-refractivity contribution in [3.8, 4) is 5.88 Å². The lowest BCUT2D eigenvalue weighted by Gasteiger charge is -2.08. The van der Waals surface area contributed by atoms with Gasteiger partial charge in [-0.2, -0.15) is 4.98 Å². The number of hydrogen-bond acceptors (Lipinski definition) is 6. The molecule has 2 N–H and O–H groups in total. The van der Waals surface area contributed by atoms with Crippen LogP contribution < -0.4 is 15.4 Å². The number of nitrogens with one attached hydrogen (secondary N) is 2. The number of anilines is 4. The van der Waals surface area contributed by atoms with Gasteiger partial charge < -0.3 is 15.4 Å². The first-order valence-corrected chi connectivity index (χ1v) is 6.76. The van der Waals surface area contributed by atoms with Crippen LogP contribution in [0.2, 0.25) is 0 Å². The first-order valence-electron chi connectivity index (χ1n) is 6.76. The molecule has 110 valence electrons. The van der Waals surface area contributed by atoms with E-state index in [1.165, 1.54) is 0 Å². The van der Waals surface area contributed by atoms with Crippen molar-refractivity contribution < 1.29 is 4.74 Å². The maximum Gasteiger partial charge on any atom is 0.229 e. The van der Waals surface area contributed by atoms with Crippen LogP contribution in [-0.4, -0.2) is 22.1 Å². The van der Waals surface area contributed by atoms with Crippen molar-refractivity contribution in [1.29, 1.82) is 0 Å². The minimum atomic E-state index is 0.493. The number of methoxy groups -OCH3 is 1. The average molecular weight is 293 g/mol. The van der Waals surface area contributed by atoms with E-state index < -0.39 is 0 Å². The largest absolute Gasteiger partial charge is 0.481 e. The van der Waals surface area contributed by atoms with Gasteiger partial charge >= 0.3 is 0 Å². The molecule has 2 aromatic heterocycles. The summed E-state index contributed by atoms with van der Waals surface area (Å²) in [5, 5.41) is 6.32. The Hall–Kier alpha value is -3.15. The van der Waals surface area contributed by atoms with Crippen molar-refractivity contribution in [2.75, 3.05) is 17.7 Å². The van der Waals surface area contributed by atoms with Gasteiger partial charge in [0.1, 0.15) is 5.82 Å². The molecule has 0 spiro atoms. The maximum atomic E-state index is 5.02. The molecule has 0 bridgehead atoms. The van der Waals surface area contributed by atoms with Crippen molar-refractivity contribution in [3.05, 3.63) is 60.9 Å². The van der Waals surface area contributed by atoms with Gasteiger partial charge in [-0.1, -0.05) is 18.2 Å². The topological polar surface area (TPSA) is 72.0 Å². The fourth-order valence-corrected chi connectivity index (χ4v) is 1.86. The van der Waals surface area contributed by atoms with E-state index in [4.69, 9.17) is 4.74 Å². The SMILES string of the molecule is COc1ccc(Nc2nccc(Nc3ccccc3)n2)cn1. The van der Waals surface area contributed by atoms with Crippen LogP contribution in [0, 0.1) is 0 Å². The second kappa shape index (κ2) is 6.53. The van der Waals surface area contributed by atoms with Gasteiger partial charge in [-0.05, 0) is 24.3 Å². The van der Waals surface area contributed by atoms with Crippen LogP contribution in [0.25, 0.3) is 0 Å². The van der Waals surface area contributed by atoms with Gasteiger partial charge in [-0.3, -0.25) is 0 Å². The van der Waals surface area contributed by atoms with Crippen LogP contribution in [0.3, 0.4) is 0 Å². The van der Waals surface area contributed by atoms with Crippen molar-refractivity contribution in [2.24, 2.45) is 0 Å². The molecule has 6 heteroatoms. The minimum Gasteiger partial charge on any atom is -0.481 e. The van der Waals surface area contributed by atoms with Crippen LogP contribution in [-0.2, 0) is 0 Å². The predicted octanol–water partition coefficient (Wildman–Crippen LogP) is 3.37. The fourth-order valence-electron chi connectivity index (χ4n) is 1.86. The molecule has 6 nitrogen and oxygen atoms in total. The molecule has 0 aliphatic rings. The summed E-state index contributed by atoms with van der Waals surface area (Å²) in [6.45, 7) is 0. The highest BCUT2D eigenvalue weighted by atomic mass is 16.5. The van der Waals surface area contributed by atoms with Crippen LogP contribution in [0.5, 0.6) is 5.88 Å². The summed E-state index contributed by atoms with van der Waals surface area (Å²) < 4.78 is 5.02. The number of rotatable bonds is 5. The number of aromatic nitrogens is 3. The molecule has 0 fully saturated rings. The van der Waals surface area contributed by atoms with Crippen LogP contribution in [0.1, 0.15) is 0 Å². The van der Waals surface area contributed by atoms with Gasteiger partial charge in [0.15, 0.2) is 0 Å². The Kier molecular flexibility index (Phi) is 4.10. The molecule has 0 saturated carbocycles. The lowest BCUT2D eigenvalue weighted by Crippen LogP contribution is -2.00. The second-order valence-electron chi connectivity index (χ2n) is 4.47. The van der Waals surface area contributed by atoms with E-state index in [1.54, 1.807) is 25.6 Å². The first kappa shape index (κ1) is 13.8. The molecular weight excluding hydrogens is 278 g/mol. The third-order valence-electron chi connectivity index (χ3n) is 2.90. The van der Waals surface area contributed by atoms with E-state index in [0.717, 1.165) is 11.4 Å². The van der Waals surface area contributed by atoms with Gasteiger partial charge in [0.2, 0.25) is 11.8 Å². The summed E-state index contributed by atoms with van der Waals surface area (Å²) >= 11 is 0. The number of pyridine rings is 1. The van der Waals surface area contributed by atoms with E-state index in [0.29, 0.717) is 17.6 Å². The van der Waals surface area contributed by atoms with Gasteiger partial charge in [0.25, 0.3) is 0 Å². The van der Waals surface area contributed by atoms with E-state index in [9.17, 15) is 0 Å². The third kappa shape index (κ3) is 3.49. The standard InChI is InChI=1S/C16H15N5O/c1-22-15-8-7-13(11-18-15)20-16-17-10-9-14(21-16)19-12-5-3-2-4-6-12/h2-11H,1H3,(H2,17,19,20,21). The zero-order valence-corrected chi connectivity index (χ0v) is 12.0. The zero-order chi connectivity index (χ0) is 15.2. The summed E-state index contributed by atoms with van der Waals surface area (Å²) in [6.07, 6.45) is 3.36. The van der Waals surface area contributed by atoms with E-state index in [1.807, 2.05) is 42.5 Å². The number of ether oxygens (including phenoxy) is 1. The van der Waals surface area contributed by atoms with Crippen molar-refractivity contribution in [2.45, 2.75) is 0 Å². The molecule has 0 amide bonds. The lowest BCUT2D eigenvalue weighted by atomic mass is 10.3. The van der Waals surface area contributed by atoms with Crippen LogP contribution in [0.4, 0.5) is 23.1 Å². The molecule has 0 radical (unpaired) electrons. The summed E-state index contributed by atoms with van der Waals surface area (Å²) in [5.74, 6) is 1.77. The predicted molar refractivity (Wildman–Crippen MR) is 85.8 cm³/mol. The van der Waals surface area contributed by atoms with E-state index in [-0.39, 0.29) is 0 Å². The molecule has 3 rings (SSSR count). The molecule has 0 aliphatic carbocycles. The Bertz CT molecular complexity index is 731. The number of para-hydroxylation sites is 1. The molecule has 22 heavy (non-hydrogen) atoms. The van der Waals surface area contributed by atoms with Crippen molar-refractivity contribution in [1.82, 2.24) is 15.0 Å². The molecular formula is C16H15N5O. The third-order valence-corrected chi connectivity index (χ3v) is 2.90. The molecule has 2 heterocycles. The smallest absolute Gasteiger partial charge is 0.229 e. The van der Waals surface area contributed by atoms with Gasteiger partial charge in [0, 0.05) is 18.0 Å². The van der Waals surface area contributed by atoms with E-state index >= 15 is 0 Å². The van der Waals surface area contributed by atoms with Gasteiger partial charge in [-0.25, -0.2) is 9.97 Å². The Balaban J connectivity index is 1.73. The number of benzene rings is 1. The number of hydrogen-bond donors (Lipinski definition) is 2. The lowest BCUT2D eigenvalue weighted by molar-refractivity contribution is 0.398. The highest BCUT2D eigenvalue weighted by molar-refractivity contribution is 5.58. The highest BCUT2D eigenvalue weighted by Gasteiger charge is 2.01. The highest BCUT2D eigenvalue weighted by Crippen LogP contribution is 2.18. The van der Waals surface area contributed by atoms with Crippen molar-refractivity contribution >= 4 is 23.1 Å². The Morgan fingerprint density at radius 1 is 0.864 bits per heavy atom. The zero-order valence-electron chi connectivity index (χ0n) is 12.0. The second-order valence-corrected chi connectivity index (χ2v) is 4.47. The normalized spacial score (nSPS) is 10.0. The molecule has 0 saturated heterocycles. The fraction of sp³-hybridized carbons (Fsp3) is 0.0625.